The van der Waals surface area contributed by atoms with E-state index in [0.717, 1.165) is 16.7 Å². The van der Waals surface area contributed by atoms with E-state index >= 15 is 0 Å². The van der Waals surface area contributed by atoms with Crippen LogP contribution in [0.3, 0.4) is 0 Å². The number of nitrogens with zero attached hydrogens (tertiary/aromatic N) is 2. The van der Waals surface area contributed by atoms with Gasteiger partial charge < -0.3 is 15.5 Å². The maximum absolute atomic E-state index is 14.1. The first-order chi connectivity index (χ1) is 18.9. The molecule has 3 aromatic rings. The van der Waals surface area contributed by atoms with E-state index in [1.54, 1.807) is 17.0 Å². The minimum Gasteiger partial charge on any atom is -0.340 e. The van der Waals surface area contributed by atoms with Gasteiger partial charge >= 0.3 is 0 Å². The van der Waals surface area contributed by atoms with Gasteiger partial charge in [0, 0.05) is 22.7 Å². The van der Waals surface area contributed by atoms with Crippen molar-refractivity contribution in [1.82, 2.24) is 15.5 Å². The number of likely N-dealkylation sites (N-methyl/N-ethyl adjacent to an activating group) is 1. The number of nitrogens with one attached hydrogen (secondary N) is 2. The van der Waals surface area contributed by atoms with Crippen molar-refractivity contribution >= 4 is 23.4 Å². The third-order valence-corrected chi connectivity index (χ3v) is 7.96. The number of carbonyl (C=O) groups excluding carboxylic acids is 2. The lowest BCUT2D eigenvalue weighted by Crippen LogP contribution is -2.60. The number of nitriles is 1. The van der Waals surface area contributed by atoms with Gasteiger partial charge in [-0.25, -0.2) is 0 Å². The maximum atomic E-state index is 14.1. The number of halogens is 1. The highest BCUT2D eigenvalue weighted by atomic mass is 35.5. The molecule has 0 spiro atoms. The lowest BCUT2D eigenvalue weighted by molar-refractivity contribution is -0.138. The van der Waals surface area contributed by atoms with Crippen LogP contribution in [0.5, 0.6) is 0 Å². The Morgan fingerprint density at radius 1 is 1.03 bits per heavy atom. The van der Waals surface area contributed by atoms with Crippen LogP contribution in [0, 0.1) is 11.3 Å². The second-order valence-electron chi connectivity index (χ2n) is 10.1. The SMILES string of the molecule is CCN(C(=O)[C@H](C[C@H](C)c1ccccc1)NC(=O)c1ccc(-c2ccccc2Cl)cc1)C1(C#N)CCNCC1. The Kier molecular flexibility index (Phi) is 9.40. The zero-order valence-corrected chi connectivity index (χ0v) is 23.2. The van der Waals surface area contributed by atoms with E-state index in [-0.39, 0.29) is 17.7 Å². The maximum Gasteiger partial charge on any atom is 0.251 e. The van der Waals surface area contributed by atoms with Gasteiger partial charge in [-0.1, -0.05) is 79.2 Å². The van der Waals surface area contributed by atoms with Crippen LogP contribution in [0.1, 0.15) is 54.9 Å². The van der Waals surface area contributed by atoms with Gasteiger partial charge in [-0.15, -0.1) is 0 Å². The topological polar surface area (TPSA) is 85.2 Å². The van der Waals surface area contributed by atoms with Crippen molar-refractivity contribution < 1.29 is 9.59 Å². The van der Waals surface area contributed by atoms with Crippen LogP contribution in [-0.2, 0) is 4.79 Å². The molecule has 1 heterocycles. The average molecular weight is 543 g/mol. The zero-order chi connectivity index (χ0) is 27.8. The third-order valence-electron chi connectivity index (χ3n) is 7.63. The highest BCUT2D eigenvalue weighted by Crippen LogP contribution is 2.30. The van der Waals surface area contributed by atoms with Gasteiger partial charge in [0.1, 0.15) is 11.6 Å². The molecular formula is C32H35ClN4O2. The summed E-state index contributed by atoms with van der Waals surface area (Å²) in [6.45, 7) is 5.69. The molecule has 7 heteroatoms. The first-order valence-electron chi connectivity index (χ1n) is 13.5. The third kappa shape index (κ3) is 6.50. The molecular weight excluding hydrogens is 508 g/mol. The molecule has 1 aliphatic heterocycles. The summed E-state index contributed by atoms with van der Waals surface area (Å²) in [6, 6.07) is 26.4. The Morgan fingerprint density at radius 2 is 1.67 bits per heavy atom. The Balaban J connectivity index is 1.59. The van der Waals surface area contributed by atoms with Gasteiger partial charge in [0.05, 0.1) is 6.07 Å². The Labute approximate surface area is 236 Å². The van der Waals surface area contributed by atoms with Crippen LogP contribution < -0.4 is 10.6 Å². The Hall–Kier alpha value is -3.66. The summed E-state index contributed by atoms with van der Waals surface area (Å²) in [5.74, 6) is -0.524. The normalized spacial score (nSPS) is 15.9. The minimum atomic E-state index is -0.882. The predicted octanol–water partition coefficient (Wildman–Crippen LogP) is 5.79. The van der Waals surface area contributed by atoms with Crippen molar-refractivity contribution in [2.75, 3.05) is 19.6 Å². The quantitative estimate of drug-likeness (QED) is 0.358. The van der Waals surface area contributed by atoms with Crippen LogP contribution in [0.2, 0.25) is 5.02 Å². The summed E-state index contributed by atoms with van der Waals surface area (Å²) in [7, 11) is 0. The number of piperidine rings is 1. The van der Waals surface area contributed by atoms with Crippen LogP contribution in [0.15, 0.2) is 78.9 Å². The van der Waals surface area contributed by atoms with Crippen LogP contribution >= 0.6 is 11.6 Å². The molecule has 0 unspecified atom stereocenters. The predicted molar refractivity (Wildman–Crippen MR) is 155 cm³/mol. The van der Waals surface area contributed by atoms with Gasteiger partial charge in [0.2, 0.25) is 5.91 Å². The summed E-state index contributed by atoms with van der Waals surface area (Å²) < 4.78 is 0. The van der Waals surface area contributed by atoms with Crippen molar-refractivity contribution in [3.8, 4) is 17.2 Å². The molecule has 2 atom stereocenters. The molecule has 0 radical (unpaired) electrons. The number of hydrogen-bond acceptors (Lipinski definition) is 4. The molecule has 0 saturated carbocycles. The molecule has 1 saturated heterocycles. The number of hydrogen-bond donors (Lipinski definition) is 2. The van der Waals surface area contributed by atoms with E-state index in [1.165, 1.54) is 0 Å². The van der Waals surface area contributed by atoms with E-state index in [1.807, 2.05) is 73.7 Å². The highest BCUT2D eigenvalue weighted by molar-refractivity contribution is 6.33. The number of amides is 2. The molecule has 0 aromatic heterocycles. The van der Waals surface area contributed by atoms with Gasteiger partial charge in [0.25, 0.3) is 5.91 Å². The highest BCUT2D eigenvalue weighted by Gasteiger charge is 2.42. The first-order valence-corrected chi connectivity index (χ1v) is 13.9. The summed E-state index contributed by atoms with van der Waals surface area (Å²) in [5, 5.41) is 17.1. The first kappa shape index (κ1) is 28.4. The fourth-order valence-electron chi connectivity index (χ4n) is 5.37. The van der Waals surface area contributed by atoms with Crippen molar-refractivity contribution in [2.24, 2.45) is 0 Å². The largest absolute Gasteiger partial charge is 0.340 e. The summed E-state index contributed by atoms with van der Waals surface area (Å²) in [4.78, 5) is 29.2. The lowest BCUT2D eigenvalue weighted by Gasteiger charge is -2.42. The van der Waals surface area contributed by atoms with Gasteiger partial charge in [-0.05, 0) is 74.5 Å². The van der Waals surface area contributed by atoms with E-state index in [2.05, 4.69) is 23.6 Å². The molecule has 0 aliphatic carbocycles. The molecule has 6 nitrogen and oxygen atoms in total. The number of carbonyl (C=O) groups is 2. The van der Waals surface area contributed by atoms with Crippen molar-refractivity contribution in [1.29, 1.82) is 5.26 Å². The molecule has 202 valence electrons. The molecule has 3 aromatic carbocycles. The molecule has 1 aliphatic rings. The van der Waals surface area contributed by atoms with Crippen LogP contribution in [0.25, 0.3) is 11.1 Å². The smallest absolute Gasteiger partial charge is 0.251 e. The summed E-state index contributed by atoms with van der Waals surface area (Å²) in [5.41, 5.74) is 2.45. The van der Waals surface area contributed by atoms with E-state index in [4.69, 9.17) is 11.6 Å². The standard InChI is InChI=1S/C32H35ClN4O2/c1-3-37(32(22-34)17-19-35-20-18-32)31(39)29(21-23(2)24-9-5-4-6-10-24)36-30(38)26-15-13-25(14-16-26)27-11-7-8-12-28(27)33/h4-16,23,29,35H,3,17-21H2,1-2H3,(H,36,38)/t23-,29-/m0/s1. The zero-order valence-electron chi connectivity index (χ0n) is 22.5. The molecule has 2 N–H and O–H groups in total. The molecule has 39 heavy (non-hydrogen) atoms. The minimum absolute atomic E-state index is 0.0211. The summed E-state index contributed by atoms with van der Waals surface area (Å²) in [6.07, 6.45) is 1.53. The molecule has 4 rings (SSSR count). The molecule has 1 fully saturated rings. The second kappa shape index (κ2) is 12.9. The van der Waals surface area contributed by atoms with Crippen molar-refractivity contribution in [2.45, 2.75) is 50.6 Å². The fourth-order valence-corrected chi connectivity index (χ4v) is 5.62. The van der Waals surface area contributed by atoms with E-state index < -0.39 is 11.6 Å². The van der Waals surface area contributed by atoms with Gasteiger partial charge in [0.15, 0.2) is 0 Å². The average Bonchev–Trinajstić information content (AvgIpc) is 2.98. The fraction of sp³-hybridized carbons (Fsp3) is 0.344. The Bertz CT molecular complexity index is 1310. The van der Waals surface area contributed by atoms with Crippen LogP contribution in [-0.4, -0.2) is 47.9 Å². The van der Waals surface area contributed by atoms with Crippen molar-refractivity contribution in [3.63, 3.8) is 0 Å². The second-order valence-corrected chi connectivity index (χ2v) is 10.5. The summed E-state index contributed by atoms with van der Waals surface area (Å²) >= 11 is 6.35. The van der Waals surface area contributed by atoms with E-state index in [9.17, 15) is 14.9 Å². The Morgan fingerprint density at radius 3 is 2.28 bits per heavy atom. The number of rotatable bonds is 9. The lowest BCUT2D eigenvalue weighted by atomic mass is 9.86. The monoisotopic (exact) mass is 542 g/mol. The van der Waals surface area contributed by atoms with Crippen molar-refractivity contribution in [3.05, 3.63) is 95.0 Å². The molecule has 2 amide bonds. The van der Waals surface area contributed by atoms with Gasteiger partial charge in [-0.2, -0.15) is 5.26 Å². The van der Waals surface area contributed by atoms with E-state index in [0.29, 0.717) is 49.5 Å². The number of benzene rings is 3. The van der Waals surface area contributed by atoms with Gasteiger partial charge in [-0.3, -0.25) is 9.59 Å². The molecule has 0 bridgehead atoms. The van der Waals surface area contributed by atoms with Crippen LogP contribution in [0.4, 0.5) is 0 Å².